The van der Waals surface area contributed by atoms with Gasteiger partial charge in [0, 0.05) is 76.1 Å². The Labute approximate surface area is 656 Å². The Balaban J connectivity index is 0.000000344. The quantitative estimate of drug-likeness (QED) is 0.0171. The van der Waals surface area contributed by atoms with Gasteiger partial charge in [-0.05, 0) is 172 Å². The normalized spacial score (nSPS) is 15.0. The zero-order chi connectivity index (χ0) is 81.2. The third-order valence-electron chi connectivity index (χ3n) is 18.0. The molecule has 0 bridgehead atoms. The smallest absolute Gasteiger partial charge is 0.447 e. The van der Waals surface area contributed by atoms with E-state index >= 15 is 0 Å². The largest absolute Gasteiger partial charge is 0.508 e. The maximum atomic E-state index is 11.3. The fraction of sp³-hybridized carbons (Fsp3) is 0.566. The summed E-state index contributed by atoms with van der Waals surface area (Å²) in [6, 6.07) is 42.8. The lowest BCUT2D eigenvalue weighted by molar-refractivity contribution is 0.0553. The number of aliphatic hydroxyl groups is 2. The van der Waals surface area contributed by atoms with Crippen LogP contribution in [-0.2, 0) is 38.6 Å². The summed E-state index contributed by atoms with van der Waals surface area (Å²) in [5.74, 6) is 3.14. The molecule has 7 N–H and O–H groups in total. The number of alkyl carbamates (subject to hydrolysis) is 2. The summed E-state index contributed by atoms with van der Waals surface area (Å²) in [6.45, 7) is 34.2. The van der Waals surface area contributed by atoms with Gasteiger partial charge in [0.05, 0.1) is 19.4 Å². The predicted molar refractivity (Wildman–Crippen MR) is 454 cm³/mol. The topological polar surface area (TPSA) is 254 Å². The average Bonchev–Trinajstić information content (AvgIpc) is 1.18. The van der Waals surface area contributed by atoms with Crippen LogP contribution in [0.2, 0.25) is 0 Å². The van der Waals surface area contributed by atoms with Crippen LogP contribution in [0.4, 0.5) is 25.8 Å². The van der Waals surface area contributed by atoms with Crippen LogP contribution in [0.1, 0.15) is 184 Å². The van der Waals surface area contributed by atoms with Crippen LogP contribution in [0, 0.1) is 0 Å². The highest BCUT2D eigenvalue weighted by Crippen LogP contribution is 2.68. The van der Waals surface area contributed by atoms with E-state index in [0.717, 1.165) is 56.2 Å². The average molecular weight is 1550 g/mol. The van der Waals surface area contributed by atoms with Crippen molar-refractivity contribution >= 4 is 50.7 Å². The Hall–Kier alpha value is -7.34. The van der Waals surface area contributed by atoms with Crippen LogP contribution < -0.4 is 31.5 Å². The van der Waals surface area contributed by atoms with E-state index in [1.54, 1.807) is 0 Å². The highest BCUT2D eigenvalue weighted by Gasteiger charge is 2.36. The van der Waals surface area contributed by atoms with E-state index < -0.39 is 45.6 Å². The lowest BCUT2D eigenvalue weighted by Gasteiger charge is -2.44. The molecular formula is C83H139N15O9P2. The number of benzene rings is 5. The number of nitrogens with one attached hydrogen (secondary N) is 3. The minimum absolute atomic E-state index is 0.00231. The van der Waals surface area contributed by atoms with Gasteiger partial charge in [0.1, 0.15) is 25.4 Å². The van der Waals surface area contributed by atoms with Gasteiger partial charge in [0.25, 0.3) is 0 Å². The lowest BCUT2D eigenvalue weighted by Crippen LogP contribution is -2.49. The number of hydrogen-bond donors (Lipinski definition) is 6. The summed E-state index contributed by atoms with van der Waals surface area (Å²) in [6.07, 6.45) is 7.49. The molecule has 2 fully saturated rings. The monoisotopic (exact) mass is 1550 g/mol. The molecule has 24 nitrogen and oxygen atoms in total. The number of ether oxygens (including phenoxy) is 4. The molecule has 4 heterocycles. The highest BCUT2D eigenvalue weighted by atomic mass is 31.2. The summed E-state index contributed by atoms with van der Waals surface area (Å²) >= 11 is 0. The molecule has 5 aromatic carbocycles. The van der Waals surface area contributed by atoms with Gasteiger partial charge in [-0.15, -0.1) is 0 Å². The number of hydrogen-bond acceptors (Lipinski definition) is 16. The summed E-state index contributed by atoms with van der Waals surface area (Å²) in [5.41, 5.74) is 17.1. The zero-order valence-electron chi connectivity index (χ0n) is 70.2. The Morgan fingerprint density at radius 2 is 1.09 bits per heavy atom. The SMILES string of the molecule is C1CN=C2NCCCN2C1.CC(C)c1cccc(C(C)C)c1N1C=CN(c2c(C(C)C)cccc2C(C)C)C1.CCC(CO)OC(=O)NCc1ccccc1.CCC1COC(=O)O1.CCCC(O)COC(=O)NCc1ccccc1.CCN=P(N=P(N(C)C)(N(C)C)N(C)C)(N(C)C)N(C)C.NCc1ccccc1. The van der Waals surface area contributed by atoms with Crippen LogP contribution in [-0.4, -0.2) is 211 Å². The first-order valence-corrected chi connectivity index (χ1v) is 42.0. The van der Waals surface area contributed by atoms with Crippen LogP contribution in [0.3, 0.4) is 0 Å². The van der Waals surface area contributed by atoms with Gasteiger partial charge < -0.3 is 65.5 Å². The molecule has 5 aromatic rings. The second-order valence-electron chi connectivity index (χ2n) is 29.0. The minimum atomic E-state index is -2.08. The number of carbonyl (C=O) groups is 3. The summed E-state index contributed by atoms with van der Waals surface area (Å²) in [7, 11) is 16.8. The van der Waals surface area contributed by atoms with Crippen molar-refractivity contribution in [3.63, 3.8) is 0 Å². The van der Waals surface area contributed by atoms with E-state index in [0.29, 0.717) is 62.8 Å². The predicted octanol–water partition coefficient (Wildman–Crippen LogP) is 16.5. The van der Waals surface area contributed by atoms with Crippen molar-refractivity contribution in [2.75, 3.05) is 139 Å². The maximum absolute atomic E-state index is 11.3. The Morgan fingerprint density at radius 1 is 0.642 bits per heavy atom. The van der Waals surface area contributed by atoms with Crippen molar-refractivity contribution in [2.24, 2.45) is 20.0 Å². The molecule has 0 radical (unpaired) electrons. The molecule has 0 aliphatic carbocycles. The van der Waals surface area contributed by atoms with Crippen molar-refractivity contribution < 1.29 is 43.5 Å². The molecule has 109 heavy (non-hydrogen) atoms. The molecule has 2 saturated heterocycles. The second kappa shape index (κ2) is 51.3. The van der Waals surface area contributed by atoms with E-state index in [1.807, 2.05) is 112 Å². The number of nitrogens with zero attached hydrogens (tertiary/aromatic N) is 11. The number of para-hydroxylation sites is 2. The molecule has 2 amide bonds. The third-order valence-corrected chi connectivity index (χ3v) is 25.9. The molecule has 610 valence electrons. The van der Waals surface area contributed by atoms with Crippen LogP contribution in [0.25, 0.3) is 0 Å². The van der Waals surface area contributed by atoms with Gasteiger partial charge in [-0.1, -0.05) is 210 Å². The molecule has 0 saturated carbocycles. The Kier molecular flexibility index (Phi) is 45.1. The summed E-state index contributed by atoms with van der Waals surface area (Å²) in [5, 5.41) is 26.8. The fourth-order valence-electron chi connectivity index (χ4n) is 12.2. The van der Waals surface area contributed by atoms with E-state index in [2.05, 4.69) is 250 Å². The molecule has 4 aliphatic rings. The maximum Gasteiger partial charge on any atom is 0.508 e. The van der Waals surface area contributed by atoms with Crippen molar-refractivity contribution in [2.45, 2.75) is 183 Å². The zero-order valence-corrected chi connectivity index (χ0v) is 72.0. The third kappa shape index (κ3) is 32.1. The first kappa shape index (κ1) is 95.9. The molecule has 9 rings (SSSR count). The molecule has 0 aromatic heterocycles. The highest BCUT2D eigenvalue weighted by molar-refractivity contribution is 7.71. The number of fused-ring (bicyclic) bond motifs is 1. The van der Waals surface area contributed by atoms with Crippen LogP contribution in [0.5, 0.6) is 0 Å². The van der Waals surface area contributed by atoms with Crippen molar-refractivity contribution in [1.82, 2.24) is 44.2 Å². The number of rotatable bonds is 26. The molecular weight excluding hydrogens is 1410 g/mol. The first-order valence-electron chi connectivity index (χ1n) is 38.8. The van der Waals surface area contributed by atoms with Gasteiger partial charge in [-0.2, -0.15) is 4.52 Å². The Bertz CT molecular complexity index is 3400. The van der Waals surface area contributed by atoms with Crippen LogP contribution in [0.15, 0.2) is 154 Å². The molecule has 3 unspecified atom stereocenters. The molecule has 4 aliphatic heterocycles. The summed E-state index contributed by atoms with van der Waals surface area (Å²) < 4.78 is 40.4. The number of carbonyl (C=O) groups excluding carboxylic acids is 3. The van der Waals surface area contributed by atoms with E-state index in [1.165, 1.54) is 65.1 Å². The van der Waals surface area contributed by atoms with Gasteiger partial charge in [0.15, 0.2) is 13.5 Å². The number of amides is 2. The van der Waals surface area contributed by atoms with Crippen molar-refractivity contribution in [1.29, 1.82) is 0 Å². The number of cyclic esters (lactones) is 2. The molecule has 26 heteroatoms. The lowest BCUT2D eigenvalue weighted by atomic mass is 9.91. The van der Waals surface area contributed by atoms with Gasteiger partial charge in [-0.25, -0.2) is 23.7 Å². The first-order chi connectivity index (χ1) is 51.9. The van der Waals surface area contributed by atoms with E-state index in [4.69, 9.17) is 29.6 Å². The summed E-state index contributed by atoms with van der Waals surface area (Å²) in [4.78, 5) is 44.4. The van der Waals surface area contributed by atoms with E-state index in [-0.39, 0.29) is 19.3 Å². The van der Waals surface area contributed by atoms with Gasteiger partial charge in [-0.3, -0.25) is 23.7 Å². The minimum Gasteiger partial charge on any atom is -0.447 e. The van der Waals surface area contributed by atoms with Gasteiger partial charge in [0.2, 0.25) is 7.51 Å². The number of guanidine groups is 1. The fourth-order valence-corrected chi connectivity index (χ4v) is 20.6. The second-order valence-corrected chi connectivity index (χ2v) is 36.1. The molecule has 3 atom stereocenters. The number of aliphatic imine (C=N–C) groups is 1. The standard InChI is InChI=1S/C27H38N2.C13H19NO3.C12H35N7P2.C12H17NO3.C7H13N3.C7H9N.C5H8O3/c1-18(2)22-11-9-12-23(19(3)4)26(22)28-15-16-29(17-28)27-24(20(5)6)13-10-14-25(27)21(7)8;1-2-6-12(15)10-17-13(16)14-9-11-7-4-3-5-8-11;1-12-13-20(15(2)3,16(4)5)14-21(17(6)7,18(8)9)19(10)11;1-2-11(9-14)16-12(15)13-8-10-6-4-3-5-7-10;1-3-8-7-9-4-2-6-10(7)5-1;8-6-7-4-2-1-3-5-7;1-2-4-3-7-5(6)8-4/h9-16,18-21H,17H2,1-8H3;3-5,7-8,12,15H,2,6,9-10H2,1H3,(H,14,16);12H2,1-11H3;3-7,11,14H,2,8-9H2,1H3,(H,13,15);1-6H2,(H,8,9);1-5H,6,8H2;4H,2-3H2,1H3. The van der Waals surface area contributed by atoms with Crippen molar-refractivity contribution in [3.8, 4) is 0 Å². The Morgan fingerprint density at radius 3 is 1.44 bits per heavy atom. The van der Waals surface area contributed by atoms with Gasteiger partial charge >= 0.3 is 18.3 Å². The van der Waals surface area contributed by atoms with Crippen LogP contribution >= 0.6 is 15.0 Å². The van der Waals surface area contributed by atoms with Crippen molar-refractivity contribution in [3.05, 3.63) is 179 Å². The number of aliphatic hydroxyl groups excluding tert-OH is 2. The number of nitrogens with two attached hydrogens (primary N) is 1. The molecule has 0 spiro atoms. The number of anilines is 2. The van der Waals surface area contributed by atoms with E-state index in [9.17, 15) is 19.5 Å².